The van der Waals surface area contributed by atoms with Gasteiger partial charge in [0, 0.05) is 25.2 Å². The van der Waals surface area contributed by atoms with Crippen LogP contribution < -0.4 is 10.1 Å². The monoisotopic (exact) mass is 252 g/mol. The molecule has 0 aromatic heterocycles. The van der Waals surface area contributed by atoms with E-state index in [0.717, 1.165) is 0 Å². The predicted molar refractivity (Wildman–Crippen MR) is 62.5 cm³/mol. The molecule has 7 heteroatoms. The summed E-state index contributed by atoms with van der Waals surface area (Å²) in [5, 5.41) is 22.1. The largest absolute Gasteiger partial charge is 0.475 e. The average molecular weight is 252 g/mol. The lowest BCUT2D eigenvalue weighted by atomic mass is 9.99. The van der Waals surface area contributed by atoms with Gasteiger partial charge >= 0.3 is 0 Å². The number of nitrogens with one attached hydrogen (secondary N) is 1. The Balaban J connectivity index is 2.36. The molecule has 0 radical (unpaired) electrons. The van der Waals surface area contributed by atoms with E-state index in [0.29, 0.717) is 5.75 Å². The summed E-state index contributed by atoms with van der Waals surface area (Å²) in [6.45, 7) is 1.37. The molecule has 0 saturated carbocycles. The van der Waals surface area contributed by atoms with Gasteiger partial charge in [-0.15, -0.1) is 0 Å². The summed E-state index contributed by atoms with van der Waals surface area (Å²) in [7, 11) is 0. The maximum atomic E-state index is 11.8. The topological polar surface area (TPSA) is 102 Å². The van der Waals surface area contributed by atoms with Gasteiger partial charge in [0.25, 0.3) is 11.6 Å². The van der Waals surface area contributed by atoms with Crippen molar-refractivity contribution >= 4 is 17.3 Å². The third kappa shape index (κ3) is 2.00. The number of nitro groups is 1. The number of carbonyl (C=O) groups excluding carboxylic acids is 1. The number of fused-ring (bicyclic) bond motifs is 1. The number of ether oxygens (including phenoxy) is 1. The summed E-state index contributed by atoms with van der Waals surface area (Å²) in [5.41, 5.74) is -1.01. The van der Waals surface area contributed by atoms with Gasteiger partial charge in [0.2, 0.25) is 0 Å². The molecule has 1 unspecified atom stereocenters. The molecule has 0 aliphatic carbocycles. The number of non-ortho nitro benzene ring substituents is 1. The summed E-state index contributed by atoms with van der Waals surface area (Å²) in [6.07, 6.45) is 0.148. The smallest absolute Gasteiger partial charge is 0.271 e. The number of hydrogen-bond acceptors (Lipinski definition) is 5. The van der Waals surface area contributed by atoms with Crippen LogP contribution in [0.25, 0.3) is 0 Å². The number of aliphatic hydroxyl groups excluding tert-OH is 1. The van der Waals surface area contributed by atoms with Crippen LogP contribution in [0.5, 0.6) is 5.75 Å². The second-order valence-electron chi connectivity index (χ2n) is 4.20. The number of anilines is 1. The fourth-order valence-corrected chi connectivity index (χ4v) is 1.74. The Bertz CT molecular complexity index is 516. The van der Waals surface area contributed by atoms with Crippen molar-refractivity contribution in [2.24, 2.45) is 0 Å². The van der Waals surface area contributed by atoms with Gasteiger partial charge in [-0.3, -0.25) is 14.9 Å². The molecule has 0 bridgehead atoms. The first-order chi connectivity index (χ1) is 8.46. The molecule has 1 aromatic carbocycles. The molecule has 1 aliphatic heterocycles. The maximum Gasteiger partial charge on any atom is 0.271 e. The molecular weight excluding hydrogens is 240 g/mol. The third-order valence-electron chi connectivity index (χ3n) is 2.83. The van der Waals surface area contributed by atoms with Crippen LogP contribution in [0, 0.1) is 10.1 Å². The number of aliphatic hydroxyl groups is 1. The van der Waals surface area contributed by atoms with Crippen molar-refractivity contribution < 1.29 is 19.6 Å². The number of benzene rings is 1. The summed E-state index contributed by atoms with van der Waals surface area (Å²) in [6, 6.07) is 3.98. The SMILES string of the molecule is CC1(CCO)Oc2ccc([N+](=O)[O-])cc2NC1=O. The molecule has 1 amide bonds. The fraction of sp³-hybridized carbons (Fsp3) is 0.364. The Morgan fingerprint density at radius 3 is 2.89 bits per heavy atom. The van der Waals surface area contributed by atoms with Crippen molar-refractivity contribution in [1.29, 1.82) is 0 Å². The molecule has 1 atom stereocenters. The first-order valence-electron chi connectivity index (χ1n) is 5.36. The second-order valence-corrected chi connectivity index (χ2v) is 4.20. The first kappa shape index (κ1) is 12.3. The average Bonchev–Trinajstić information content (AvgIpc) is 2.30. The number of amides is 1. The molecular formula is C11H12N2O5. The van der Waals surface area contributed by atoms with Gasteiger partial charge in [-0.1, -0.05) is 0 Å². The van der Waals surface area contributed by atoms with Gasteiger partial charge < -0.3 is 15.2 Å². The van der Waals surface area contributed by atoms with Crippen molar-refractivity contribution in [3.63, 3.8) is 0 Å². The van der Waals surface area contributed by atoms with Gasteiger partial charge in [-0.25, -0.2) is 0 Å². The molecule has 1 aliphatic rings. The first-order valence-corrected chi connectivity index (χ1v) is 5.36. The minimum Gasteiger partial charge on any atom is -0.475 e. The van der Waals surface area contributed by atoms with E-state index >= 15 is 0 Å². The molecule has 96 valence electrons. The molecule has 0 fully saturated rings. The van der Waals surface area contributed by atoms with Gasteiger partial charge in [-0.05, 0) is 13.0 Å². The van der Waals surface area contributed by atoms with Crippen LogP contribution in [-0.4, -0.2) is 28.1 Å². The maximum absolute atomic E-state index is 11.8. The number of nitrogens with zero attached hydrogens (tertiary/aromatic N) is 1. The quantitative estimate of drug-likeness (QED) is 0.618. The van der Waals surface area contributed by atoms with E-state index in [9.17, 15) is 14.9 Å². The van der Waals surface area contributed by atoms with Crippen LogP contribution in [0.4, 0.5) is 11.4 Å². The lowest BCUT2D eigenvalue weighted by Crippen LogP contribution is -2.49. The summed E-state index contributed by atoms with van der Waals surface area (Å²) in [4.78, 5) is 21.9. The molecule has 2 rings (SSSR count). The van der Waals surface area contributed by atoms with Gasteiger partial charge in [0.15, 0.2) is 5.60 Å². The Morgan fingerprint density at radius 2 is 2.28 bits per heavy atom. The molecule has 7 nitrogen and oxygen atoms in total. The summed E-state index contributed by atoms with van der Waals surface area (Å²) in [5.74, 6) is -0.0688. The summed E-state index contributed by atoms with van der Waals surface area (Å²) < 4.78 is 5.51. The van der Waals surface area contributed by atoms with Crippen molar-refractivity contribution in [1.82, 2.24) is 0 Å². The van der Waals surface area contributed by atoms with E-state index in [1.807, 2.05) is 0 Å². The number of hydrogen-bond donors (Lipinski definition) is 2. The van der Waals surface area contributed by atoms with Gasteiger partial charge in [0.1, 0.15) is 5.75 Å². The zero-order chi connectivity index (χ0) is 13.3. The van der Waals surface area contributed by atoms with Crippen molar-refractivity contribution in [2.75, 3.05) is 11.9 Å². The molecule has 1 heterocycles. The fourth-order valence-electron chi connectivity index (χ4n) is 1.74. The molecule has 1 aromatic rings. The molecule has 18 heavy (non-hydrogen) atoms. The lowest BCUT2D eigenvalue weighted by molar-refractivity contribution is -0.384. The summed E-state index contributed by atoms with van der Waals surface area (Å²) >= 11 is 0. The highest BCUT2D eigenvalue weighted by atomic mass is 16.6. The Labute approximate surface area is 103 Å². The highest BCUT2D eigenvalue weighted by molar-refractivity contribution is 6.00. The van der Waals surface area contributed by atoms with E-state index in [2.05, 4.69) is 5.32 Å². The highest BCUT2D eigenvalue weighted by Crippen LogP contribution is 2.37. The second kappa shape index (κ2) is 4.26. The van der Waals surface area contributed by atoms with E-state index in [-0.39, 0.29) is 24.4 Å². The van der Waals surface area contributed by atoms with Crippen molar-refractivity contribution in [2.45, 2.75) is 18.9 Å². The van der Waals surface area contributed by atoms with Gasteiger partial charge in [-0.2, -0.15) is 0 Å². The number of carbonyl (C=O) groups is 1. The zero-order valence-corrected chi connectivity index (χ0v) is 9.67. The van der Waals surface area contributed by atoms with Gasteiger partial charge in [0.05, 0.1) is 10.6 Å². The van der Waals surface area contributed by atoms with E-state index in [4.69, 9.17) is 9.84 Å². The van der Waals surface area contributed by atoms with Crippen LogP contribution in [0.3, 0.4) is 0 Å². The molecule has 0 saturated heterocycles. The van der Waals surface area contributed by atoms with Crippen LogP contribution in [0.2, 0.25) is 0 Å². The minimum atomic E-state index is -1.15. The van der Waals surface area contributed by atoms with Crippen molar-refractivity contribution in [3.8, 4) is 5.75 Å². The van der Waals surface area contributed by atoms with Crippen LogP contribution in [0.15, 0.2) is 18.2 Å². The number of rotatable bonds is 3. The molecule has 0 spiro atoms. The highest BCUT2D eigenvalue weighted by Gasteiger charge is 2.40. The Kier molecular flexibility index (Phi) is 2.92. The van der Waals surface area contributed by atoms with Crippen LogP contribution in [-0.2, 0) is 4.79 Å². The Morgan fingerprint density at radius 1 is 1.56 bits per heavy atom. The zero-order valence-electron chi connectivity index (χ0n) is 9.67. The van der Waals surface area contributed by atoms with Crippen molar-refractivity contribution in [3.05, 3.63) is 28.3 Å². The normalized spacial score (nSPS) is 21.8. The van der Waals surface area contributed by atoms with Crippen LogP contribution >= 0.6 is 0 Å². The standard InChI is InChI=1S/C11H12N2O5/c1-11(4-5-14)10(15)12-8-6-7(13(16)17)2-3-9(8)18-11/h2-3,6,14H,4-5H2,1H3,(H,12,15). The van der Waals surface area contributed by atoms with E-state index in [1.54, 1.807) is 6.92 Å². The van der Waals surface area contributed by atoms with E-state index < -0.39 is 16.4 Å². The molecule has 2 N–H and O–H groups in total. The number of nitro benzene ring substituents is 1. The third-order valence-corrected chi connectivity index (χ3v) is 2.83. The Hall–Kier alpha value is -2.15. The lowest BCUT2D eigenvalue weighted by Gasteiger charge is -2.34. The minimum absolute atomic E-state index is 0.122. The van der Waals surface area contributed by atoms with E-state index in [1.165, 1.54) is 18.2 Å². The predicted octanol–water partition coefficient (Wildman–Crippen LogP) is 1.07. The van der Waals surface area contributed by atoms with Crippen LogP contribution in [0.1, 0.15) is 13.3 Å².